The summed E-state index contributed by atoms with van der Waals surface area (Å²) < 4.78 is 16.1. The molecule has 2 heterocycles. The van der Waals surface area contributed by atoms with Crippen molar-refractivity contribution in [2.24, 2.45) is 5.92 Å². The third-order valence-electron chi connectivity index (χ3n) is 6.95. The van der Waals surface area contributed by atoms with Gasteiger partial charge in [-0.05, 0) is 69.1 Å². The monoisotopic (exact) mass is 502 g/mol. The molecule has 1 amide bonds. The Morgan fingerprint density at radius 1 is 1.11 bits per heavy atom. The number of nitrogens with zero attached hydrogens (tertiary/aromatic N) is 3. The third-order valence-corrected chi connectivity index (χ3v) is 8.42. The first-order valence-corrected chi connectivity index (χ1v) is 13.9. The molecule has 1 aromatic carbocycles. The summed E-state index contributed by atoms with van der Waals surface area (Å²) in [5.41, 5.74) is 0.810. The maximum Gasteiger partial charge on any atom is 0.241 e. The second-order valence-corrected chi connectivity index (χ2v) is 10.8. The number of hydrogen-bond donors (Lipinski definition) is 1. The Kier molecular flexibility index (Phi) is 9.71. The predicted octanol–water partition coefficient (Wildman–Crippen LogP) is 4.54. The van der Waals surface area contributed by atoms with Crippen molar-refractivity contribution in [3.63, 3.8) is 0 Å². The lowest BCUT2D eigenvalue weighted by Crippen LogP contribution is -2.40. The van der Waals surface area contributed by atoms with Gasteiger partial charge in [0.1, 0.15) is 0 Å². The van der Waals surface area contributed by atoms with Crippen LogP contribution >= 0.6 is 11.8 Å². The topological polar surface area (TPSA) is 89.7 Å². The van der Waals surface area contributed by atoms with Crippen molar-refractivity contribution in [3.8, 4) is 22.9 Å². The fourth-order valence-electron chi connectivity index (χ4n) is 4.87. The number of carbonyl (C=O) groups is 1. The van der Waals surface area contributed by atoms with E-state index in [1.807, 2.05) is 18.2 Å². The summed E-state index contributed by atoms with van der Waals surface area (Å²) in [5.74, 6) is 3.84. The molecule has 1 saturated heterocycles. The van der Waals surface area contributed by atoms with Gasteiger partial charge in [0.05, 0.1) is 20.8 Å². The number of likely N-dealkylation sites (tertiary alicyclic amines) is 1. The van der Waals surface area contributed by atoms with Crippen LogP contribution in [0.4, 0.5) is 0 Å². The second kappa shape index (κ2) is 13.2. The van der Waals surface area contributed by atoms with Crippen molar-refractivity contribution in [2.45, 2.75) is 63.2 Å². The number of carbonyl (C=O) groups excluding carboxylic acids is 1. The van der Waals surface area contributed by atoms with Gasteiger partial charge in [-0.25, -0.2) is 0 Å². The molecule has 1 aliphatic carbocycles. The van der Waals surface area contributed by atoms with Crippen molar-refractivity contribution in [2.75, 3.05) is 39.6 Å². The first-order chi connectivity index (χ1) is 17.2. The van der Waals surface area contributed by atoms with E-state index in [0.717, 1.165) is 55.5 Å². The molecule has 0 bridgehead atoms. The normalized spacial score (nSPS) is 17.9. The zero-order chi connectivity index (χ0) is 24.5. The largest absolute Gasteiger partial charge is 0.493 e. The molecule has 1 N–H and O–H groups in total. The molecule has 0 atom stereocenters. The van der Waals surface area contributed by atoms with Gasteiger partial charge >= 0.3 is 0 Å². The molecule has 0 unspecified atom stereocenters. The Bertz CT molecular complexity index is 939. The first kappa shape index (κ1) is 25.8. The quantitative estimate of drug-likeness (QED) is 0.448. The van der Waals surface area contributed by atoms with Crippen LogP contribution < -0.4 is 14.8 Å². The molecule has 2 aromatic rings. The lowest BCUT2D eigenvalue weighted by molar-refractivity contribution is -0.126. The number of piperidine rings is 1. The van der Waals surface area contributed by atoms with Crippen LogP contribution in [0.3, 0.4) is 0 Å². The molecular formula is C26H38N4O4S. The summed E-state index contributed by atoms with van der Waals surface area (Å²) in [7, 11) is 3.21. The van der Waals surface area contributed by atoms with E-state index in [0.29, 0.717) is 29.8 Å². The molecular weight excluding hydrogens is 464 g/mol. The number of thioether (sulfide) groups is 1. The van der Waals surface area contributed by atoms with Gasteiger partial charge in [-0.15, -0.1) is 0 Å². The van der Waals surface area contributed by atoms with Crippen LogP contribution in [0.25, 0.3) is 11.4 Å². The van der Waals surface area contributed by atoms with Gasteiger partial charge < -0.3 is 19.3 Å². The fraction of sp³-hybridized carbons (Fsp3) is 0.654. The van der Waals surface area contributed by atoms with Crippen LogP contribution in [0, 0.1) is 5.92 Å². The number of aromatic nitrogens is 2. The molecule has 9 heteroatoms. The zero-order valence-corrected chi connectivity index (χ0v) is 21.8. The average molecular weight is 503 g/mol. The Balaban J connectivity index is 1.16. The Morgan fingerprint density at radius 2 is 1.89 bits per heavy atom. The highest BCUT2D eigenvalue weighted by Gasteiger charge is 2.26. The predicted molar refractivity (Wildman–Crippen MR) is 138 cm³/mol. The molecule has 4 rings (SSSR count). The summed E-state index contributed by atoms with van der Waals surface area (Å²) >= 11 is 2.10. The molecule has 1 aromatic heterocycles. The van der Waals surface area contributed by atoms with E-state index in [-0.39, 0.29) is 11.8 Å². The number of amides is 1. The fourth-order valence-corrected chi connectivity index (χ4v) is 6.18. The van der Waals surface area contributed by atoms with Crippen LogP contribution in [0.1, 0.15) is 57.3 Å². The van der Waals surface area contributed by atoms with Crippen molar-refractivity contribution < 1.29 is 18.8 Å². The molecule has 2 aliphatic rings. The van der Waals surface area contributed by atoms with Gasteiger partial charge in [0.25, 0.3) is 0 Å². The van der Waals surface area contributed by atoms with E-state index in [1.54, 1.807) is 14.2 Å². The summed E-state index contributed by atoms with van der Waals surface area (Å²) in [4.78, 5) is 19.4. The average Bonchev–Trinajstić information content (AvgIpc) is 3.37. The van der Waals surface area contributed by atoms with Crippen LogP contribution in [-0.4, -0.2) is 65.8 Å². The van der Waals surface area contributed by atoms with E-state index in [4.69, 9.17) is 14.0 Å². The van der Waals surface area contributed by atoms with Gasteiger partial charge in [0, 0.05) is 23.3 Å². The summed E-state index contributed by atoms with van der Waals surface area (Å²) in [6.07, 6.45) is 9.70. The summed E-state index contributed by atoms with van der Waals surface area (Å²) in [5, 5.41) is 8.14. The molecule has 8 nitrogen and oxygen atoms in total. The maximum atomic E-state index is 12.6. The van der Waals surface area contributed by atoms with Crippen LogP contribution in [0.15, 0.2) is 22.7 Å². The van der Waals surface area contributed by atoms with E-state index >= 15 is 0 Å². The Hall–Kier alpha value is -2.26. The van der Waals surface area contributed by atoms with Crippen molar-refractivity contribution in [1.29, 1.82) is 0 Å². The van der Waals surface area contributed by atoms with Crippen molar-refractivity contribution in [1.82, 2.24) is 20.4 Å². The number of hydrogen-bond acceptors (Lipinski definition) is 8. The molecule has 1 aliphatic heterocycles. The smallest absolute Gasteiger partial charge is 0.241 e. The highest BCUT2D eigenvalue weighted by Crippen LogP contribution is 2.31. The molecule has 0 radical (unpaired) electrons. The second-order valence-electron chi connectivity index (χ2n) is 9.41. The van der Waals surface area contributed by atoms with E-state index in [2.05, 4.69) is 32.1 Å². The Labute approximate surface area is 212 Å². The number of methoxy groups -OCH3 is 2. The number of rotatable bonds is 11. The number of nitrogens with one attached hydrogen (secondary N) is 1. The Morgan fingerprint density at radius 3 is 2.63 bits per heavy atom. The molecule has 1 saturated carbocycles. The molecule has 35 heavy (non-hydrogen) atoms. The number of ether oxygens (including phenoxy) is 2. The van der Waals surface area contributed by atoms with E-state index in [1.165, 1.54) is 32.1 Å². The summed E-state index contributed by atoms with van der Waals surface area (Å²) in [6, 6.07) is 5.55. The van der Waals surface area contributed by atoms with Gasteiger partial charge in [-0.3, -0.25) is 9.69 Å². The van der Waals surface area contributed by atoms with E-state index in [9.17, 15) is 4.79 Å². The highest BCUT2D eigenvalue weighted by atomic mass is 32.2. The lowest BCUT2D eigenvalue weighted by atomic mass is 9.96. The van der Waals surface area contributed by atoms with Gasteiger partial charge in [0.2, 0.25) is 17.6 Å². The van der Waals surface area contributed by atoms with Crippen LogP contribution in [-0.2, 0) is 11.3 Å². The molecule has 0 spiro atoms. The first-order valence-electron chi connectivity index (χ1n) is 12.8. The third kappa shape index (κ3) is 7.36. The lowest BCUT2D eigenvalue weighted by Gasteiger charge is -2.30. The summed E-state index contributed by atoms with van der Waals surface area (Å²) in [6.45, 7) is 3.08. The van der Waals surface area contributed by atoms with Gasteiger partial charge in [-0.2, -0.15) is 16.7 Å². The number of benzene rings is 1. The molecule has 2 fully saturated rings. The van der Waals surface area contributed by atoms with E-state index < -0.39 is 0 Å². The van der Waals surface area contributed by atoms with Crippen molar-refractivity contribution >= 4 is 17.7 Å². The van der Waals surface area contributed by atoms with Gasteiger partial charge in [-0.1, -0.05) is 24.4 Å². The van der Waals surface area contributed by atoms with Gasteiger partial charge in [0.15, 0.2) is 11.5 Å². The molecule has 192 valence electrons. The zero-order valence-electron chi connectivity index (χ0n) is 21.0. The SMILES string of the molecule is COc1ccc(-c2noc(CN3CCC(C(=O)NCCCSC4CCCCC4)CC3)n2)cc1OC. The van der Waals surface area contributed by atoms with Crippen LogP contribution in [0.2, 0.25) is 0 Å². The minimum atomic E-state index is 0.0993. The standard InChI is InChI=1S/C26H38N4O4S/c1-32-22-10-9-20(17-23(22)33-2)25-28-24(34-29-25)18-30-14-11-19(12-15-30)26(31)27-13-6-16-35-21-7-4-3-5-8-21/h9-10,17,19,21H,3-8,11-16,18H2,1-2H3,(H,27,31). The van der Waals surface area contributed by atoms with Crippen molar-refractivity contribution in [3.05, 3.63) is 24.1 Å². The minimum Gasteiger partial charge on any atom is -0.493 e. The maximum absolute atomic E-state index is 12.6. The van der Waals surface area contributed by atoms with Crippen LogP contribution in [0.5, 0.6) is 11.5 Å². The minimum absolute atomic E-state index is 0.0993. The highest BCUT2D eigenvalue weighted by molar-refractivity contribution is 7.99.